The Balaban J connectivity index is 2.85. The molecule has 1 rings (SSSR count). The summed E-state index contributed by atoms with van der Waals surface area (Å²) < 4.78 is 0. The van der Waals surface area contributed by atoms with Crippen LogP contribution in [-0.2, 0) is 4.79 Å². The molecular formula is C13H20O. The molecule has 0 aliphatic heterocycles. The Kier molecular flexibility index (Phi) is 3.68. The standard InChI is InChI=1S/C13H20O/c1-5-6-12(14)13-10(3)8-7-9(2)11(13)4/h5-11,13H,1-4H3. The predicted octanol–water partition coefficient (Wildman–Crippen LogP) is 3.23. The van der Waals surface area contributed by atoms with Crippen LogP contribution in [0, 0.1) is 23.7 Å². The van der Waals surface area contributed by atoms with Crippen molar-refractivity contribution in [2.24, 2.45) is 23.7 Å². The first-order chi connectivity index (χ1) is 6.57. The number of allylic oxidation sites excluding steroid dienone is 4. The summed E-state index contributed by atoms with van der Waals surface area (Å²) in [5.41, 5.74) is 0. The maximum absolute atomic E-state index is 11.8. The molecule has 1 heteroatoms. The Morgan fingerprint density at radius 1 is 1.14 bits per heavy atom. The molecule has 0 spiro atoms. The molecule has 0 aromatic heterocycles. The number of hydrogen-bond donors (Lipinski definition) is 0. The summed E-state index contributed by atoms with van der Waals surface area (Å²) in [6.07, 6.45) is 7.96. The molecule has 0 fully saturated rings. The summed E-state index contributed by atoms with van der Waals surface area (Å²) in [5.74, 6) is 1.81. The third-order valence-electron chi connectivity index (χ3n) is 3.34. The zero-order chi connectivity index (χ0) is 10.7. The van der Waals surface area contributed by atoms with Gasteiger partial charge < -0.3 is 0 Å². The van der Waals surface area contributed by atoms with Crippen molar-refractivity contribution >= 4 is 5.78 Å². The number of rotatable bonds is 2. The van der Waals surface area contributed by atoms with E-state index in [9.17, 15) is 4.79 Å². The van der Waals surface area contributed by atoms with Crippen LogP contribution in [0.2, 0.25) is 0 Å². The number of carbonyl (C=O) groups excluding carboxylic acids is 1. The van der Waals surface area contributed by atoms with Crippen LogP contribution in [-0.4, -0.2) is 5.78 Å². The Morgan fingerprint density at radius 2 is 1.71 bits per heavy atom. The first-order valence-electron chi connectivity index (χ1n) is 5.42. The molecule has 0 amide bonds. The second kappa shape index (κ2) is 4.59. The lowest BCUT2D eigenvalue weighted by molar-refractivity contribution is -0.121. The summed E-state index contributed by atoms with van der Waals surface area (Å²) in [4.78, 5) is 11.8. The molecule has 14 heavy (non-hydrogen) atoms. The maximum atomic E-state index is 11.8. The Labute approximate surface area is 86.9 Å². The zero-order valence-electron chi connectivity index (χ0n) is 9.53. The van der Waals surface area contributed by atoms with Crippen LogP contribution in [0.15, 0.2) is 24.3 Å². The molecule has 0 saturated carbocycles. The maximum Gasteiger partial charge on any atom is 0.159 e. The molecule has 4 unspecified atom stereocenters. The molecule has 0 radical (unpaired) electrons. The minimum atomic E-state index is 0.172. The van der Waals surface area contributed by atoms with Crippen LogP contribution < -0.4 is 0 Å². The highest BCUT2D eigenvalue weighted by Crippen LogP contribution is 2.34. The van der Waals surface area contributed by atoms with Gasteiger partial charge >= 0.3 is 0 Å². The quantitative estimate of drug-likeness (QED) is 0.485. The van der Waals surface area contributed by atoms with Gasteiger partial charge in [-0.25, -0.2) is 0 Å². The SMILES string of the molecule is CC=CC(=O)C1C(C)C=CC(C)C1C. The van der Waals surface area contributed by atoms with Crippen molar-refractivity contribution in [2.75, 3.05) is 0 Å². The van der Waals surface area contributed by atoms with Crippen molar-refractivity contribution < 1.29 is 4.79 Å². The van der Waals surface area contributed by atoms with E-state index in [0.29, 0.717) is 17.8 Å². The van der Waals surface area contributed by atoms with Gasteiger partial charge in [0.1, 0.15) is 0 Å². The third-order valence-corrected chi connectivity index (χ3v) is 3.34. The molecule has 0 bridgehead atoms. The van der Waals surface area contributed by atoms with Crippen LogP contribution in [0.5, 0.6) is 0 Å². The lowest BCUT2D eigenvalue weighted by Gasteiger charge is -2.33. The molecule has 0 saturated heterocycles. The van der Waals surface area contributed by atoms with Crippen molar-refractivity contribution in [2.45, 2.75) is 27.7 Å². The lowest BCUT2D eigenvalue weighted by Crippen LogP contribution is -2.32. The van der Waals surface area contributed by atoms with Gasteiger partial charge in [-0.1, -0.05) is 39.0 Å². The first kappa shape index (κ1) is 11.2. The molecular weight excluding hydrogens is 172 g/mol. The fourth-order valence-corrected chi connectivity index (χ4v) is 2.24. The predicted molar refractivity (Wildman–Crippen MR) is 59.9 cm³/mol. The minimum absolute atomic E-state index is 0.172. The smallest absolute Gasteiger partial charge is 0.159 e. The highest BCUT2D eigenvalue weighted by Gasteiger charge is 2.32. The summed E-state index contributed by atoms with van der Waals surface area (Å²) in [6.45, 7) is 8.39. The minimum Gasteiger partial charge on any atom is -0.295 e. The average Bonchev–Trinajstić information content (AvgIpc) is 2.13. The van der Waals surface area contributed by atoms with Crippen LogP contribution in [0.4, 0.5) is 0 Å². The second-order valence-electron chi connectivity index (χ2n) is 4.39. The summed E-state index contributed by atoms with van der Waals surface area (Å²) in [6, 6.07) is 0. The third kappa shape index (κ3) is 2.14. The fourth-order valence-electron chi connectivity index (χ4n) is 2.24. The molecule has 0 aromatic carbocycles. The van der Waals surface area contributed by atoms with Crippen LogP contribution in [0.25, 0.3) is 0 Å². The van der Waals surface area contributed by atoms with Crippen molar-refractivity contribution in [3.8, 4) is 0 Å². The van der Waals surface area contributed by atoms with E-state index in [1.54, 1.807) is 6.08 Å². The Hall–Kier alpha value is -0.850. The fraction of sp³-hybridized carbons (Fsp3) is 0.615. The molecule has 0 aromatic rings. The summed E-state index contributed by atoms with van der Waals surface area (Å²) in [7, 11) is 0. The highest BCUT2D eigenvalue weighted by atomic mass is 16.1. The number of hydrogen-bond acceptors (Lipinski definition) is 1. The van der Waals surface area contributed by atoms with Gasteiger partial charge in [0.2, 0.25) is 0 Å². The zero-order valence-corrected chi connectivity index (χ0v) is 9.53. The van der Waals surface area contributed by atoms with Gasteiger partial charge in [-0.05, 0) is 30.8 Å². The van der Waals surface area contributed by atoms with E-state index >= 15 is 0 Å². The van der Waals surface area contributed by atoms with Gasteiger partial charge in [-0.3, -0.25) is 4.79 Å². The topological polar surface area (TPSA) is 17.1 Å². The van der Waals surface area contributed by atoms with Crippen LogP contribution in [0.1, 0.15) is 27.7 Å². The lowest BCUT2D eigenvalue weighted by atomic mass is 9.71. The van der Waals surface area contributed by atoms with Gasteiger partial charge in [0, 0.05) is 5.92 Å². The van der Waals surface area contributed by atoms with E-state index in [2.05, 4.69) is 32.9 Å². The highest BCUT2D eigenvalue weighted by molar-refractivity contribution is 5.92. The van der Waals surface area contributed by atoms with E-state index in [4.69, 9.17) is 0 Å². The number of ketones is 1. The Bertz CT molecular complexity index is 262. The van der Waals surface area contributed by atoms with Crippen molar-refractivity contribution in [1.82, 2.24) is 0 Å². The van der Waals surface area contributed by atoms with Crippen molar-refractivity contribution in [3.63, 3.8) is 0 Å². The van der Waals surface area contributed by atoms with E-state index in [1.807, 2.05) is 13.0 Å². The average molecular weight is 192 g/mol. The molecule has 0 heterocycles. The van der Waals surface area contributed by atoms with Gasteiger partial charge in [0.05, 0.1) is 0 Å². The molecule has 0 N–H and O–H groups in total. The van der Waals surface area contributed by atoms with E-state index in [1.165, 1.54) is 0 Å². The summed E-state index contributed by atoms with van der Waals surface area (Å²) in [5, 5.41) is 0. The molecule has 1 aliphatic rings. The van der Waals surface area contributed by atoms with Gasteiger partial charge in [0.15, 0.2) is 5.78 Å². The summed E-state index contributed by atoms with van der Waals surface area (Å²) >= 11 is 0. The molecule has 78 valence electrons. The second-order valence-corrected chi connectivity index (χ2v) is 4.39. The molecule has 1 aliphatic carbocycles. The monoisotopic (exact) mass is 192 g/mol. The normalized spacial score (nSPS) is 37.7. The Morgan fingerprint density at radius 3 is 2.29 bits per heavy atom. The first-order valence-corrected chi connectivity index (χ1v) is 5.42. The molecule has 1 nitrogen and oxygen atoms in total. The van der Waals surface area contributed by atoms with Gasteiger partial charge in [0.25, 0.3) is 0 Å². The van der Waals surface area contributed by atoms with Gasteiger partial charge in [-0.2, -0.15) is 0 Å². The van der Waals surface area contributed by atoms with E-state index < -0.39 is 0 Å². The van der Waals surface area contributed by atoms with Crippen molar-refractivity contribution in [3.05, 3.63) is 24.3 Å². The van der Waals surface area contributed by atoms with Crippen LogP contribution >= 0.6 is 0 Å². The van der Waals surface area contributed by atoms with E-state index in [0.717, 1.165) is 0 Å². The molecule has 4 atom stereocenters. The van der Waals surface area contributed by atoms with Gasteiger partial charge in [-0.15, -0.1) is 0 Å². The number of carbonyl (C=O) groups is 1. The largest absolute Gasteiger partial charge is 0.295 e. The van der Waals surface area contributed by atoms with E-state index in [-0.39, 0.29) is 11.7 Å². The van der Waals surface area contributed by atoms with Crippen LogP contribution in [0.3, 0.4) is 0 Å². The van der Waals surface area contributed by atoms with Crippen molar-refractivity contribution in [1.29, 1.82) is 0 Å².